The van der Waals surface area contributed by atoms with E-state index in [4.69, 9.17) is 4.52 Å². The van der Waals surface area contributed by atoms with Crippen molar-refractivity contribution in [1.82, 2.24) is 20.8 Å². The minimum absolute atomic E-state index is 0. The summed E-state index contributed by atoms with van der Waals surface area (Å²) in [5.74, 6) is 1.85. The molecule has 156 valence electrons. The average molecular weight is 511 g/mol. The van der Waals surface area contributed by atoms with Crippen molar-refractivity contribution in [3.63, 3.8) is 0 Å². The average Bonchev–Trinajstić information content (AvgIpc) is 3.09. The first kappa shape index (κ1) is 24.2. The summed E-state index contributed by atoms with van der Waals surface area (Å²) in [6.45, 7) is 6.23. The molecule has 6 nitrogen and oxygen atoms in total. The topological polar surface area (TPSA) is 75.3 Å². The van der Waals surface area contributed by atoms with Crippen molar-refractivity contribution in [2.75, 3.05) is 13.6 Å². The Kier molecular flexibility index (Phi) is 9.18. The molecule has 1 unspecified atom stereocenters. The van der Waals surface area contributed by atoms with Gasteiger partial charge in [0.2, 0.25) is 5.89 Å². The number of benzene rings is 1. The summed E-state index contributed by atoms with van der Waals surface area (Å²) in [5.41, 5.74) is -0.153. The molecule has 0 radical (unpaired) electrons. The zero-order chi connectivity index (χ0) is 20.0. The van der Waals surface area contributed by atoms with Gasteiger partial charge in [0.25, 0.3) is 0 Å². The number of guanidine groups is 1. The predicted octanol–water partition coefficient (Wildman–Crippen LogP) is 4.30. The fraction of sp³-hybridized carbons (Fsp3) is 0.500. The van der Waals surface area contributed by atoms with Crippen molar-refractivity contribution in [2.24, 2.45) is 4.99 Å². The van der Waals surface area contributed by atoms with E-state index in [-0.39, 0.29) is 35.9 Å². The lowest BCUT2D eigenvalue weighted by atomic mass is 10.1. The molecule has 0 aliphatic heterocycles. The first-order chi connectivity index (χ1) is 12.7. The van der Waals surface area contributed by atoms with Crippen LogP contribution in [0.5, 0.6) is 0 Å². The van der Waals surface area contributed by atoms with E-state index in [2.05, 4.69) is 25.8 Å². The fourth-order valence-corrected chi connectivity index (χ4v) is 2.36. The first-order valence-electron chi connectivity index (χ1n) is 8.67. The highest BCUT2D eigenvalue weighted by atomic mass is 127. The number of alkyl halides is 3. The van der Waals surface area contributed by atoms with Gasteiger partial charge in [-0.2, -0.15) is 18.2 Å². The number of nitrogens with zero attached hydrogens (tertiary/aromatic N) is 3. The van der Waals surface area contributed by atoms with Crippen molar-refractivity contribution < 1.29 is 17.7 Å². The zero-order valence-corrected chi connectivity index (χ0v) is 18.5. The van der Waals surface area contributed by atoms with Gasteiger partial charge in [0.15, 0.2) is 11.8 Å². The van der Waals surface area contributed by atoms with Crippen LogP contribution in [0.15, 0.2) is 33.8 Å². The molecule has 0 saturated heterocycles. The Hall–Kier alpha value is -1.85. The molecule has 0 bridgehead atoms. The first-order valence-corrected chi connectivity index (χ1v) is 8.67. The number of aromatic nitrogens is 2. The number of aliphatic imine (C=N–C) groups is 1. The molecule has 0 fully saturated rings. The Labute approximate surface area is 179 Å². The minimum atomic E-state index is -4.37. The summed E-state index contributed by atoms with van der Waals surface area (Å²) in [6, 6.07) is 4.88. The number of rotatable bonds is 6. The monoisotopic (exact) mass is 511 g/mol. The SMILES string of the molecule is CN=C(NCCc1nc(C(C)C)no1)NC(C)c1cccc(C(F)(F)F)c1.I. The molecule has 1 atom stereocenters. The number of hydrogen-bond donors (Lipinski definition) is 2. The number of nitrogens with one attached hydrogen (secondary N) is 2. The number of halogens is 4. The smallest absolute Gasteiger partial charge is 0.356 e. The van der Waals surface area contributed by atoms with Gasteiger partial charge in [-0.25, -0.2) is 0 Å². The van der Waals surface area contributed by atoms with Crippen LogP contribution >= 0.6 is 24.0 Å². The lowest BCUT2D eigenvalue weighted by Gasteiger charge is -2.19. The molecule has 2 aromatic rings. The standard InChI is InChI=1S/C18H24F3N5O.HI/c1-11(2)16-25-15(27-26-16)8-9-23-17(22-4)24-12(3)13-6-5-7-14(10-13)18(19,20)21;/h5-7,10-12H,8-9H2,1-4H3,(H2,22,23,24);1H. The molecular weight excluding hydrogens is 486 g/mol. The summed E-state index contributed by atoms with van der Waals surface area (Å²) in [7, 11) is 1.59. The van der Waals surface area contributed by atoms with Crippen LogP contribution < -0.4 is 10.6 Å². The highest BCUT2D eigenvalue weighted by Gasteiger charge is 2.30. The third-order valence-corrected chi connectivity index (χ3v) is 3.92. The maximum absolute atomic E-state index is 12.9. The van der Waals surface area contributed by atoms with Gasteiger partial charge in [-0.05, 0) is 24.6 Å². The Morgan fingerprint density at radius 3 is 2.54 bits per heavy atom. The Morgan fingerprint density at radius 1 is 1.25 bits per heavy atom. The molecule has 2 N–H and O–H groups in total. The molecule has 0 spiro atoms. The molecule has 1 aromatic heterocycles. The molecule has 1 heterocycles. The van der Waals surface area contributed by atoms with Gasteiger partial charge in [0, 0.05) is 25.9 Å². The molecule has 10 heteroatoms. The second-order valence-corrected chi connectivity index (χ2v) is 6.44. The Bertz CT molecular complexity index is 777. The van der Waals surface area contributed by atoms with Crippen LogP contribution in [-0.2, 0) is 12.6 Å². The number of hydrogen-bond acceptors (Lipinski definition) is 4. The van der Waals surface area contributed by atoms with Crippen LogP contribution in [-0.4, -0.2) is 29.7 Å². The van der Waals surface area contributed by atoms with Crippen LogP contribution in [0.4, 0.5) is 13.2 Å². The van der Waals surface area contributed by atoms with Gasteiger partial charge in [0.1, 0.15) is 0 Å². The predicted molar refractivity (Wildman–Crippen MR) is 112 cm³/mol. The highest BCUT2D eigenvalue weighted by molar-refractivity contribution is 14.0. The normalized spacial score (nSPS) is 13.2. The van der Waals surface area contributed by atoms with Gasteiger partial charge in [-0.15, -0.1) is 24.0 Å². The van der Waals surface area contributed by atoms with Gasteiger partial charge < -0.3 is 15.2 Å². The maximum Gasteiger partial charge on any atom is 0.416 e. The minimum Gasteiger partial charge on any atom is -0.356 e. The molecule has 0 amide bonds. The molecule has 28 heavy (non-hydrogen) atoms. The summed E-state index contributed by atoms with van der Waals surface area (Å²) < 4.78 is 43.8. The van der Waals surface area contributed by atoms with Crippen molar-refractivity contribution in [2.45, 2.75) is 45.3 Å². The van der Waals surface area contributed by atoms with Gasteiger partial charge in [-0.3, -0.25) is 4.99 Å². The van der Waals surface area contributed by atoms with Gasteiger partial charge in [-0.1, -0.05) is 31.1 Å². The maximum atomic E-state index is 12.9. The van der Waals surface area contributed by atoms with Crippen LogP contribution in [0.1, 0.15) is 55.6 Å². The van der Waals surface area contributed by atoms with E-state index in [9.17, 15) is 13.2 Å². The molecule has 2 rings (SSSR count). The van der Waals surface area contributed by atoms with E-state index in [0.29, 0.717) is 36.2 Å². The van der Waals surface area contributed by atoms with Crippen LogP contribution in [0.25, 0.3) is 0 Å². The van der Waals surface area contributed by atoms with E-state index < -0.39 is 11.7 Å². The second kappa shape index (κ2) is 10.6. The quantitative estimate of drug-likeness (QED) is 0.344. The Morgan fingerprint density at radius 2 is 1.96 bits per heavy atom. The highest BCUT2D eigenvalue weighted by Crippen LogP contribution is 2.30. The van der Waals surface area contributed by atoms with E-state index >= 15 is 0 Å². The lowest BCUT2D eigenvalue weighted by Crippen LogP contribution is -2.39. The van der Waals surface area contributed by atoms with Crippen LogP contribution in [0.3, 0.4) is 0 Å². The molecule has 0 aliphatic carbocycles. The van der Waals surface area contributed by atoms with Crippen molar-refractivity contribution in [3.8, 4) is 0 Å². The van der Waals surface area contributed by atoms with E-state index in [1.807, 2.05) is 13.8 Å². The fourth-order valence-electron chi connectivity index (χ4n) is 2.36. The third kappa shape index (κ3) is 6.95. The van der Waals surface area contributed by atoms with Gasteiger partial charge in [0.05, 0.1) is 11.6 Å². The molecule has 0 saturated carbocycles. The van der Waals surface area contributed by atoms with Crippen LogP contribution in [0.2, 0.25) is 0 Å². The lowest BCUT2D eigenvalue weighted by molar-refractivity contribution is -0.137. The van der Waals surface area contributed by atoms with E-state index in [1.165, 1.54) is 6.07 Å². The second-order valence-electron chi connectivity index (χ2n) is 6.44. The van der Waals surface area contributed by atoms with Crippen molar-refractivity contribution in [3.05, 3.63) is 47.1 Å². The zero-order valence-electron chi connectivity index (χ0n) is 16.2. The Balaban J connectivity index is 0.00000392. The largest absolute Gasteiger partial charge is 0.416 e. The van der Waals surface area contributed by atoms with Crippen molar-refractivity contribution in [1.29, 1.82) is 0 Å². The van der Waals surface area contributed by atoms with E-state index in [0.717, 1.165) is 12.1 Å². The molecule has 0 aliphatic rings. The summed E-state index contributed by atoms with van der Waals surface area (Å²) in [4.78, 5) is 8.38. The van der Waals surface area contributed by atoms with Gasteiger partial charge >= 0.3 is 6.18 Å². The molecule has 1 aromatic carbocycles. The van der Waals surface area contributed by atoms with Crippen molar-refractivity contribution >= 4 is 29.9 Å². The van der Waals surface area contributed by atoms with Crippen LogP contribution in [0, 0.1) is 0 Å². The summed E-state index contributed by atoms with van der Waals surface area (Å²) in [6.07, 6.45) is -3.85. The summed E-state index contributed by atoms with van der Waals surface area (Å²) >= 11 is 0. The van der Waals surface area contributed by atoms with E-state index in [1.54, 1.807) is 20.0 Å². The third-order valence-electron chi connectivity index (χ3n) is 3.92. The summed E-state index contributed by atoms with van der Waals surface area (Å²) in [5, 5.41) is 10.1. The molecular formula is C18H25F3IN5O.